The lowest BCUT2D eigenvalue weighted by Gasteiger charge is -2.33. The molecule has 1 fully saturated rings. The Labute approximate surface area is 132 Å². The maximum absolute atomic E-state index is 13.0. The molecule has 1 saturated heterocycles. The van der Waals surface area contributed by atoms with Crippen LogP contribution in [0.1, 0.15) is 30.9 Å². The minimum atomic E-state index is -0.158. The molecule has 0 unspecified atom stereocenters. The fraction of sp³-hybridized carbons (Fsp3) is 0.400. The summed E-state index contributed by atoms with van der Waals surface area (Å²) in [6.07, 6.45) is 4.72. The van der Waals surface area contributed by atoms with E-state index in [1.165, 1.54) is 30.4 Å². The van der Waals surface area contributed by atoms with E-state index in [2.05, 4.69) is 36.1 Å². The summed E-state index contributed by atoms with van der Waals surface area (Å²) in [6.45, 7) is 4.34. The summed E-state index contributed by atoms with van der Waals surface area (Å²) in [7, 11) is 0. The van der Waals surface area contributed by atoms with E-state index in [1.54, 1.807) is 12.1 Å². The van der Waals surface area contributed by atoms with Crippen LogP contribution in [0.3, 0.4) is 0 Å². The summed E-state index contributed by atoms with van der Waals surface area (Å²) in [6, 6.07) is 16.0. The number of anilines is 1. The Morgan fingerprint density at radius 2 is 1.50 bits per heavy atom. The molecule has 1 aliphatic rings. The number of piperidine rings is 1. The maximum atomic E-state index is 13.0. The molecule has 0 aromatic heterocycles. The number of benzene rings is 2. The highest BCUT2D eigenvalue weighted by atomic mass is 19.1. The number of nitrogens with zero attached hydrogens (tertiary/aromatic N) is 1. The fourth-order valence-electron chi connectivity index (χ4n) is 3.29. The van der Waals surface area contributed by atoms with Crippen LogP contribution < -0.4 is 4.90 Å². The van der Waals surface area contributed by atoms with Gasteiger partial charge < -0.3 is 4.90 Å². The van der Waals surface area contributed by atoms with E-state index in [-0.39, 0.29) is 5.82 Å². The predicted molar refractivity (Wildman–Crippen MR) is 90.9 cm³/mol. The van der Waals surface area contributed by atoms with Gasteiger partial charge in [-0.2, -0.15) is 0 Å². The van der Waals surface area contributed by atoms with Crippen molar-refractivity contribution in [3.8, 4) is 0 Å². The van der Waals surface area contributed by atoms with Crippen molar-refractivity contribution in [3.05, 3.63) is 65.5 Å². The standard InChI is InChI=1S/C20H24FN/c1-2-16-3-5-17(6-4-16)15-18-11-13-22(14-12-18)20-9-7-19(21)8-10-20/h3-10,18H,2,11-15H2,1H3. The Kier molecular flexibility index (Phi) is 4.77. The Balaban J connectivity index is 1.53. The average Bonchev–Trinajstić information content (AvgIpc) is 2.57. The summed E-state index contributed by atoms with van der Waals surface area (Å²) in [4.78, 5) is 2.37. The molecular formula is C20H24FN. The Hall–Kier alpha value is -1.83. The molecule has 0 aliphatic carbocycles. The van der Waals surface area contributed by atoms with Gasteiger partial charge in [0.05, 0.1) is 0 Å². The smallest absolute Gasteiger partial charge is 0.123 e. The molecule has 2 heteroatoms. The van der Waals surface area contributed by atoms with E-state index < -0.39 is 0 Å². The topological polar surface area (TPSA) is 3.24 Å². The van der Waals surface area contributed by atoms with Crippen LogP contribution in [-0.2, 0) is 12.8 Å². The number of aryl methyl sites for hydroxylation is 1. The number of halogens is 1. The van der Waals surface area contributed by atoms with Crippen LogP contribution in [0.15, 0.2) is 48.5 Å². The third-order valence-corrected chi connectivity index (χ3v) is 4.76. The van der Waals surface area contributed by atoms with Crippen molar-refractivity contribution in [2.45, 2.75) is 32.6 Å². The highest BCUT2D eigenvalue weighted by molar-refractivity contribution is 5.46. The summed E-state index contributed by atoms with van der Waals surface area (Å²) in [5.74, 6) is 0.610. The summed E-state index contributed by atoms with van der Waals surface area (Å²) >= 11 is 0. The second-order valence-corrected chi connectivity index (χ2v) is 6.28. The zero-order chi connectivity index (χ0) is 15.4. The quantitative estimate of drug-likeness (QED) is 0.780. The minimum absolute atomic E-state index is 0.158. The molecule has 0 spiro atoms. The molecule has 0 N–H and O–H groups in total. The van der Waals surface area contributed by atoms with Gasteiger partial charge in [0.1, 0.15) is 5.82 Å². The van der Waals surface area contributed by atoms with Gasteiger partial charge in [0.15, 0.2) is 0 Å². The van der Waals surface area contributed by atoms with Crippen molar-refractivity contribution < 1.29 is 4.39 Å². The third-order valence-electron chi connectivity index (χ3n) is 4.76. The highest BCUT2D eigenvalue weighted by Crippen LogP contribution is 2.26. The molecule has 0 bridgehead atoms. The van der Waals surface area contributed by atoms with E-state index in [0.717, 1.165) is 31.1 Å². The molecule has 0 radical (unpaired) electrons. The first-order valence-corrected chi connectivity index (χ1v) is 8.33. The SMILES string of the molecule is CCc1ccc(CC2CCN(c3ccc(F)cc3)CC2)cc1. The largest absolute Gasteiger partial charge is 0.372 e. The van der Waals surface area contributed by atoms with Crippen molar-refractivity contribution in [3.63, 3.8) is 0 Å². The van der Waals surface area contributed by atoms with Crippen LogP contribution in [-0.4, -0.2) is 13.1 Å². The van der Waals surface area contributed by atoms with Crippen molar-refractivity contribution in [2.75, 3.05) is 18.0 Å². The Bertz CT molecular complexity index is 580. The van der Waals surface area contributed by atoms with E-state index in [0.29, 0.717) is 0 Å². The van der Waals surface area contributed by atoms with Gasteiger partial charge in [0.2, 0.25) is 0 Å². The van der Waals surface area contributed by atoms with Gasteiger partial charge in [0.25, 0.3) is 0 Å². The van der Waals surface area contributed by atoms with Crippen molar-refractivity contribution in [1.82, 2.24) is 0 Å². The molecule has 1 heterocycles. The van der Waals surface area contributed by atoms with E-state index in [1.807, 2.05) is 12.1 Å². The van der Waals surface area contributed by atoms with Gasteiger partial charge in [-0.1, -0.05) is 31.2 Å². The van der Waals surface area contributed by atoms with E-state index >= 15 is 0 Å². The van der Waals surface area contributed by atoms with Gasteiger partial charge in [-0.05, 0) is 67.0 Å². The highest BCUT2D eigenvalue weighted by Gasteiger charge is 2.19. The number of rotatable bonds is 4. The van der Waals surface area contributed by atoms with Gasteiger partial charge in [-0.25, -0.2) is 4.39 Å². The Morgan fingerprint density at radius 1 is 0.909 bits per heavy atom. The zero-order valence-electron chi connectivity index (χ0n) is 13.3. The van der Waals surface area contributed by atoms with Gasteiger partial charge in [-0.15, -0.1) is 0 Å². The van der Waals surface area contributed by atoms with Crippen molar-refractivity contribution in [2.24, 2.45) is 5.92 Å². The molecule has 1 nitrogen and oxygen atoms in total. The summed E-state index contributed by atoms with van der Waals surface area (Å²) in [5, 5.41) is 0. The molecule has 1 aliphatic heterocycles. The van der Waals surface area contributed by atoms with E-state index in [4.69, 9.17) is 0 Å². The molecule has 0 amide bonds. The lowest BCUT2D eigenvalue weighted by molar-refractivity contribution is 0.403. The minimum Gasteiger partial charge on any atom is -0.372 e. The first kappa shape index (κ1) is 15.1. The van der Waals surface area contributed by atoms with Crippen LogP contribution in [0.5, 0.6) is 0 Å². The summed E-state index contributed by atoms with van der Waals surface area (Å²) in [5.41, 5.74) is 4.01. The normalized spacial score (nSPS) is 16.0. The predicted octanol–water partition coefficient (Wildman–Crippen LogP) is 4.85. The van der Waals surface area contributed by atoms with Crippen LogP contribution in [0.4, 0.5) is 10.1 Å². The molecule has 116 valence electrons. The second-order valence-electron chi connectivity index (χ2n) is 6.28. The number of hydrogen-bond acceptors (Lipinski definition) is 1. The van der Waals surface area contributed by atoms with Crippen molar-refractivity contribution >= 4 is 5.69 Å². The maximum Gasteiger partial charge on any atom is 0.123 e. The van der Waals surface area contributed by atoms with E-state index in [9.17, 15) is 4.39 Å². The van der Waals surface area contributed by atoms with Crippen LogP contribution >= 0.6 is 0 Å². The molecule has 0 atom stereocenters. The average molecular weight is 297 g/mol. The summed E-state index contributed by atoms with van der Waals surface area (Å²) < 4.78 is 13.0. The van der Waals surface area contributed by atoms with Gasteiger partial charge >= 0.3 is 0 Å². The monoisotopic (exact) mass is 297 g/mol. The van der Waals surface area contributed by atoms with Crippen LogP contribution in [0.2, 0.25) is 0 Å². The second kappa shape index (κ2) is 6.95. The van der Waals surface area contributed by atoms with Gasteiger partial charge in [0, 0.05) is 18.8 Å². The van der Waals surface area contributed by atoms with Crippen LogP contribution in [0, 0.1) is 11.7 Å². The lowest BCUT2D eigenvalue weighted by Crippen LogP contribution is -2.34. The molecule has 2 aromatic rings. The van der Waals surface area contributed by atoms with Crippen molar-refractivity contribution in [1.29, 1.82) is 0 Å². The fourth-order valence-corrected chi connectivity index (χ4v) is 3.29. The Morgan fingerprint density at radius 3 is 2.09 bits per heavy atom. The first-order chi connectivity index (χ1) is 10.7. The molecule has 0 saturated carbocycles. The molecule has 3 rings (SSSR count). The molecule has 2 aromatic carbocycles. The first-order valence-electron chi connectivity index (χ1n) is 8.33. The number of hydrogen-bond donors (Lipinski definition) is 0. The van der Waals surface area contributed by atoms with Crippen LogP contribution in [0.25, 0.3) is 0 Å². The molecule has 22 heavy (non-hydrogen) atoms. The third kappa shape index (κ3) is 3.68. The lowest BCUT2D eigenvalue weighted by atomic mass is 9.89. The molecular weight excluding hydrogens is 273 g/mol. The van der Waals surface area contributed by atoms with Gasteiger partial charge in [-0.3, -0.25) is 0 Å². The zero-order valence-corrected chi connectivity index (χ0v) is 13.3.